The molecule has 96 valence electrons. The fraction of sp³-hybridized carbons (Fsp3) is 0. The highest BCUT2D eigenvalue weighted by molar-refractivity contribution is 6.36. The van der Waals surface area contributed by atoms with Gasteiger partial charge in [0.25, 0.3) is 0 Å². The smallest absolute Gasteiger partial charge is 0.150 e. The summed E-state index contributed by atoms with van der Waals surface area (Å²) in [5, 5.41) is 7.59. The fourth-order valence-electron chi connectivity index (χ4n) is 1.53. The molecule has 2 aromatic rings. The quantitative estimate of drug-likeness (QED) is 0.454. The minimum atomic E-state index is 0.253. The van der Waals surface area contributed by atoms with Crippen LogP contribution < -0.4 is 11.5 Å². The normalized spacial score (nSPS) is 11.3. The average Bonchev–Trinajstić information content (AvgIpc) is 2.43. The molecule has 0 bridgehead atoms. The molecule has 0 aliphatic carbocycles. The summed E-state index contributed by atoms with van der Waals surface area (Å²) in [5.74, 6) is 0.253. The topological polar surface area (TPSA) is 101 Å². The predicted molar refractivity (Wildman–Crippen MR) is 78.4 cm³/mol. The van der Waals surface area contributed by atoms with Crippen molar-refractivity contribution in [3.63, 3.8) is 0 Å². The summed E-state index contributed by atoms with van der Waals surface area (Å²) in [6, 6.07) is 8.65. The molecule has 0 unspecified atom stereocenters. The summed E-state index contributed by atoms with van der Waals surface area (Å²) in [4.78, 5) is 8.32. The Labute approximate surface area is 115 Å². The van der Waals surface area contributed by atoms with Crippen molar-refractivity contribution in [2.24, 2.45) is 10.7 Å². The second kappa shape index (κ2) is 5.49. The van der Waals surface area contributed by atoms with Crippen molar-refractivity contribution in [2.45, 2.75) is 0 Å². The van der Waals surface area contributed by atoms with Gasteiger partial charge in [0.15, 0.2) is 0 Å². The van der Waals surface area contributed by atoms with E-state index in [0.717, 1.165) is 6.21 Å². The van der Waals surface area contributed by atoms with E-state index < -0.39 is 0 Å². The lowest BCUT2D eigenvalue weighted by Crippen LogP contribution is -2.14. The number of anilines is 1. The molecule has 0 atom stereocenters. The lowest BCUT2D eigenvalue weighted by molar-refractivity contribution is 1.27. The van der Waals surface area contributed by atoms with Crippen LogP contribution in [0.5, 0.6) is 0 Å². The molecule has 5 N–H and O–H groups in total. The van der Waals surface area contributed by atoms with Gasteiger partial charge in [0.05, 0.1) is 10.7 Å². The van der Waals surface area contributed by atoms with Crippen molar-refractivity contribution in [1.29, 1.82) is 5.41 Å². The summed E-state index contributed by atoms with van der Waals surface area (Å²) in [6.45, 7) is 0. The molecular weight excluding hydrogens is 262 g/mol. The Balaban J connectivity index is 2.47. The molecule has 2 rings (SSSR count). The number of nitrogens with one attached hydrogen (secondary N) is 1. The maximum absolute atomic E-state index is 7.29. The Hall–Kier alpha value is -2.40. The highest BCUT2D eigenvalue weighted by atomic mass is 35.5. The molecule has 0 aliphatic rings. The number of halogens is 1. The Morgan fingerprint density at radius 2 is 2.11 bits per heavy atom. The van der Waals surface area contributed by atoms with Gasteiger partial charge < -0.3 is 16.9 Å². The molecule has 0 saturated heterocycles. The highest BCUT2D eigenvalue weighted by Gasteiger charge is 2.08. The summed E-state index contributed by atoms with van der Waals surface area (Å²) >= 11 is 6.13. The molecule has 6 heteroatoms. The largest absolute Gasteiger partial charge is 0.398 e. The van der Waals surface area contributed by atoms with Crippen molar-refractivity contribution < 1.29 is 0 Å². The first-order valence-electron chi connectivity index (χ1n) is 5.47. The van der Waals surface area contributed by atoms with Gasteiger partial charge in [-0.3, -0.25) is 4.98 Å². The van der Waals surface area contributed by atoms with E-state index in [1.54, 1.807) is 30.5 Å². The van der Waals surface area contributed by atoms with Gasteiger partial charge in [-0.1, -0.05) is 17.7 Å². The zero-order chi connectivity index (χ0) is 13.8. The summed E-state index contributed by atoms with van der Waals surface area (Å²) in [6.07, 6.45) is 2.72. The molecule has 1 aromatic carbocycles. The van der Waals surface area contributed by atoms with Crippen LogP contribution in [-0.2, 0) is 0 Å². The van der Waals surface area contributed by atoms with Gasteiger partial charge >= 0.3 is 0 Å². The minimum Gasteiger partial charge on any atom is -0.398 e. The first kappa shape index (κ1) is 13.0. The lowest BCUT2D eigenvalue weighted by atomic mass is 10.1. The van der Waals surface area contributed by atoms with Crippen molar-refractivity contribution in [3.8, 4) is 0 Å². The molecule has 0 amide bonds. The number of nitrogens with zero attached hydrogens (tertiary/aromatic N) is 2. The van der Waals surface area contributed by atoms with Crippen LogP contribution in [0, 0.1) is 5.41 Å². The molecule has 0 aliphatic heterocycles. The number of pyridine rings is 1. The van der Waals surface area contributed by atoms with Crippen LogP contribution in [-0.4, -0.2) is 17.0 Å². The third-order valence-electron chi connectivity index (χ3n) is 2.51. The van der Waals surface area contributed by atoms with E-state index in [4.69, 9.17) is 28.5 Å². The molecular formula is C13H12ClN5. The van der Waals surface area contributed by atoms with Gasteiger partial charge in [-0.05, 0) is 24.3 Å². The average molecular weight is 274 g/mol. The van der Waals surface area contributed by atoms with E-state index in [-0.39, 0.29) is 5.84 Å². The maximum Gasteiger partial charge on any atom is 0.150 e. The van der Waals surface area contributed by atoms with Crippen molar-refractivity contribution in [2.75, 3.05) is 5.73 Å². The molecule has 0 fully saturated rings. The maximum atomic E-state index is 7.29. The summed E-state index contributed by atoms with van der Waals surface area (Å²) < 4.78 is 0. The molecule has 1 aromatic heterocycles. The first-order chi connectivity index (χ1) is 9.13. The molecule has 5 nitrogen and oxygen atoms in total. The number of nitrogen functional groups attached to an aromatic ring is 1. The number of rotatable bonds is 3. The molecule has 0 spiro atoms. The standard InChI is InChI=1S/C13H12ClN5/c14-12-8(7-15)9(16)4-5-10(12)19-13(17)11-3-1-2-6-18-11/h1-7,15H,16H2,(H2,17,19). The third-order valence-corrected chi connectivity index (χ3v) is 2.90. The number of hydrogen-bond donors (Lipinski definition) is 3. The molecule has 19 heavy (non-hydrogen) atoms. The van der Waals surface area contributed by atoms with E-state index in [9.17, 15) is 0 Å². The first-order valence-corrected chi connectivity index (χ1v) is 5.85. The lowest BCUT2D eigenvalue weighted by Gasteiger charge is -2.06. The van der Waals surface area contributed by atoms with E-state index in [0.29, 0.717) is 27.7 Å². The number of aliphatic imine (C=N–C) groups is 1. The second-order valence-electron chi connectivity index (χ2n) is 3.76. The monoisotopic (exact) mass is 273 g/mol. The van der Waals surface area contributed by atoms with Gasteiger partial charge in [0.2, 0.25) is 0 Å². The van der Waals surface area contributed by atoms with Crippen molar-refractivity contribution in [1.82, 2.24) is 4.98 Å². The number of aromatic nitrogens is 1. The van der Waals surface area contributed by atoms with E-state index >= 15 is 0 Å². The van der Waals surface area contributed by atoms with Crippen LogP contribution in [0.4, 0.5) is 11.4 Å². The molecule has 0 radical (unpaired) electrons. The fourth-order valence-corrected chi connectivity index (χ4v) is 1.80. The van der Waals surface area contributed by atoms with E-state index in [1.165, 1.54) is 0 Å². The van der Waals surface area contributed by atoms with Gasteiger partial charge in [0.1, 0.15) is 11.5 Å². The van der Waals surface area contributed by atoms with Gasteiger partial charge in [-0.25, -0.2) is 4.99 Å². The number of amidine groups is 1. The highest BCUT2D eigenvalue weighted by Crippen LogP contribution is 2.31. The van der Waals surface area contributed by atoms with Crippen molar-refractivity contribution in [3.05, 3.63) is 52.8 Å². The van der Waals surface area contributed by atoms with Crippen LogP contribution in [0.15, 0.2) is 41.5 Å². The third kappa shape index (κ3) is 2.71. The van der Waals surface area contributed by atoms with E-state index in [2.05, 4.69) is 9.98 Å². The Morgan fingerprint density at radius 3 is 2.74 bits per heavy atom. The van der Waals surface area contributed by atoms with Crippen LogP contribution >= 0.6 is 11.6 Å². The van der Waals surface area contributed by atoms with Gasteiger partial charge in [0, 0.05) is 23.7 Å². The predicted octanol–water partition coefficient (Wildman–Crippen LogP) is 2.35. The Bertz CT molecular complexity index is 637. The zero-order valence-corrected chi connectivity index (χ0v) is 10.7. The molecule has 0 saturated carbocycles. The summed E-state index contributed by atoms with van der Waals surface area (Å²) in [7, 11) is 0. The number of hydrogen-bond acceptors (Lipinski definition) is 4. The van der Waals surface area contributed by atoms with Gasteiger partial charge in [-0.15, -0.1) is 0 Å². The van der Waals surface area contributed by atoms with Crippen LogP contribution in [0.3, 0.4) is 0 Å². The molecule has 1 heterocycles. The van der Waals surface area contributed by atoms with Crippen molar-refractivity contribution >= 4 is 35.0 Å². The number of nitrogens with two attached hydrogens (primary N) is 2. The van der Waals surface area contributed by atoms with Crippen LogP contribution in [0.1, 0.15) is 11.3 Å². The van der Waals surface area contributed by atoms with Gasteiger partial charge in [-0.2, -0.15) is 0 Å². The van der Waals surface area contributed by atoms with Crippen LogP contribution in [0.25, 0.3) is 0 Å². The van der Waals surface area contributed by atoms with E-state index in [1.807, 2.05) is 6.07 Å². The second-order valence-corrected chi connectivity index (χ2v) is 4.14. The Kier molecular flexibility index (Phi) is 3.77. The Morgan fingerprint density at radius 1 is 1.32 bits per heavy atom. The minimum absolute atomic E-state index is 0.253. The SMILES string of the molecule is N=Cc1c(N)ccc(N=C(N)c2ccccn2)c1Cl. The summed E-state index contributed by atoms with van der Waals surface area (Å²) in [5.41, 5.74) is 13.5. The number of benzene rings is 1. The van der Waals surface area contributed by atoms with Crippen LogP contribution in [0.2, 0.25) is 5.02 Å². The zero-order valence-electron chi connectivity index (χ0n) is 9.97.